The number of phosphoric ester groups is 1. The zero-order valence-corrected chi connectivity index (χ0v) is 58.8. The van der Waals surface area contributed by atoms with Crippen LogP contribution in [-0.2, 0) is 18.4 Å². The van der Waals surface area contributed by atoms with Crippen LogP contribution in [0.25, 0.3) is 0 Å². The Balaban J connectivity index is 4.10. The van der Waals surface area contributed by atoms with Gasteiger partial charge in [0.1, 0.15) is 13.2 Å². The van der Waals surface area contributed by atoms with Crippen molar-refractivity contribution in [2.75, 3.05) is 40.9 Å². The fraction of sp³-hybridized carbons (Fsp3) is 0.709. The number of unbranched alkanes of at least 4 members (excludes halogenated alkanes) is 33. The molecular weight excluding hydrogens is 1100 g/mol. The van der Waals surface area contributed by atoms with Gasteiger partial charge < -0.3 is 28.8 Å². The van der Waals surface area contributed by atoms with Crippen molar-refractivity contribution in [3.8, 4) is 0 Å². The molecule has 0 aliphatic heterocycles. The fourth-order valence-corrected chi connectivity index (χ4v) is 10.9. The summed E-state index contributed by atoms with van der Waals surface area (Å²) in [5, 5.41) is 13.9. The maximum absolute atomic E-state index is 13.0. The summed E-state index contributed by atoms with van der Waals surface area (Å²) < 4.78 is 23.4. The van der Waals surface area contributed by atoms with Gasteiger partial charge >= 0.3 is 0 Å². The standard InChI is InChI=1S/C79H139N2O6P/c1-6-8-10-12-14-16-18-20-22-24-26-28-30-32-33-34-35-36-37-38-39-40-41-42-43-44-45-46-47-49-51-53-55-57-59-61-63-65-67-69-71-73-79(83)80-77(76-87-88(84,85)86-75-74-81(3,4)5)78(82)72-70-68-66-64-62-60-58-56-54-52-50-48-31-29-27-25-23-21-19-17-15-13-11-9-7-2/h8,10,14,16,20,22,26,28,32-33,35-36,38-39,41-42,44-45,62,64,70,72,77-78,82H,6-7,9,11-13,15,17-19,21,23-25,27,29-31,34,37,40,43,46-61,63,65-69,71,73-76H2,1-5H3,(H-,80,83,84,85)/b10-8-,16-14-,22-20-,28-26-,33-32-,36-35-,39-38-,42-41-,45-44-,64-62+,72-70+. The van der Waals surface area contributed by atoms with Crippen molar-refractivity contribution in [3.63, 3.8) is 0 Å². The normalized spacial score (nSPS) is 14.4. The molecule has 0 aromatic rings. The molecule has 0 heterocycles. The highest BCUT2D eigenvalue weighted by Crippen LogP contribution is 2.38. The van der Waals surface area contributed by atoms with Gasteiger partial charge in [-0.1, -0.05) is 334 Å². The van der Waals surface area contributed by atoms with E-state index in [4.69, 9.17) is 9.05 Å². The van der Waals surface area contributed by atoms with Gasteiger partial charge in [0.2, 0.25) is 5.91 Å². The third-order valence-corrected chi connectivity index (χ3v) is 16.8. The molecule has 0 bridgehead atoms. The first-order valence-electron chi connectivity index (χ1n) is 36.5. The average Bonchev–Trinajstić information content (AvgIpc) is 3.71. The number of nitrogens with one attached hydrogen (secondary N) is 1. The summed E-state index contributed by atoms with van der Waals surface area (Å²) in [7, 11) is 1.24. The van der Waals surface area contributed by atoms with E-state index in [-0.39, 0.29) is 12.5 Å². The number of aliphatic hydroxyl groups excluding tert-OH is 1. The number of hydrogen-bond donors (Lipinski definition) is 2. The largest absolute Gasteiger partial charge is 0.756 e. The minimum atomic E-state index is -4.62. The van der Waals surface area contributed by atoms with E-state index in [9.17, 15) is 19.4 Å². The van der Waals surface area contributed by atoms with Crippen molar-refractivity contribution in [2.24, 2.45) is 0 Å². The molecule has 0 saturated carbocycles. The molecule has 0 aliphatic rings. The van der Waals surface area contributed by atoms with Crippen LogP contribution in [0.1, 0.15) is 309 Å². The first-order chi connectivity index (χ1) is 43.0. The second-order valence-electron chi connectivity index (χ2n) is 25.6. The van der Waals surface area contributed by atoms with E-state index < -0.39 is 26.6 Å². The van der Waals surface area contributed by atoms with Crippen LogP contribution < -0.4 is 10.2 Å². The van der Waals surface area contributed by atoms with E-state index in [1.807, 2.05) is 27.2 Å². The highest BCUT2D eigenvalue weighted by Gasteiger charge is 2.23. The van der Waals surface area contributed by atoms with Crippen molar-refractivity contribution in [1.82, 2.24) is 5.32 Å². The van der Waals surface area contributed by atoms with Gasteiger partial charge in [0.25, 0.3) is 7.82 Å². The second-order valence-corrected chi connectivity index (χ2v) is 27.0. The van der Waals surface area contributed by atoms with E-state index in [1.165, 1.54) is 193 Å². The average molecular weight is 1240 g/mol. The van der Waals surface area contributed by atoms with Gasteiger partial charge in [-0.05, 0) is 103 Å². The fourth-order valence-electron chi connectivity index (χ4n) is 10.2. The molecule has 3 atom stereocenters. The van der Waals surface area contributed by atoms with Crippen LogP contribution >= 0.6 is 7.82 Å². The Morgan fingerprint density at radius 2 is 0.705 bits per heavy atom. The monoisotopic (exact) mass is 1240 g/mol. The summed E-state index contributed by atoms with van der Waals surface area (Å²) >= 11 is 0. The van der Waals surface area contributed by atoms with E-state index in [0.29, 0.717) is 17.4 Å². The van der Waals surface area contributed by atoms with E-state index in [1.54, 1.807) is 6.08 Å². The summed E-state index contributed by atoms with van der Waals surface area (Å²) in [4.78, 5) is 25.6. The number of carbonyl (C=O) groups is 1. The topological polar surface area (TPSA) is 108 Å². The van der Waals surface area contributed by atoms with Crippen molar-refractivity contribution in [1.29, 1.82) is 0 Å². The number of hydrogen-bond acceptors (Lipinski definition) is 6. The highest BCUT2D eigenvalue weighted by atomic mass is 31.2. The first-order valence-corrected chi connectivity index (χ1v) is 38.0. The number of allylic oxidation sites excluding steroid dienone is 21. The van der Waals surface area contributed by atoms with Crippen LogP contribution in [-0.4, -0.2) is 68.5 Å². The Bertz CT molecular complexity index is 1900. The van der Waals surface area contributed by atoms with Crippen molar-refractivity contribution < 1.29 is 32.9 Å². The number of phosphoric acid groups is 1. The Morgan fingerprint density at radius 3 is 1.06 bits per heavy atom. The van der Waals surface area contributed by atoms with Crippen LogP contribution in [0.15, 0.2) is 134 Å². The Hall–Kier alpha value is -3.36. The lowest BCUT2D eigenvalue weighted by Gasteiger charge is -2.29. The van der Waals surface area contributed by atoms with E-state index >= 15 is 0 Å². The van der Waals surface area contributed by atoms with E-state index in [0.717, 1.165) is 96.3 Å². The molecule has 0 aromatic carbocycles. The van der Waals surface area contributed by atoms with Crippen LogP contribution in [0.2, 0.25) is 0 Å². The predicted octanol–water partition coefficient (Wildman–Crippen LogP) is 23.1. The molecule has 9 heteroatoms. The number of nitrogens with zero attached hydrogens (tertiary/aromatic N) is 1. The van der Waals surface area contributed by atoms with Crippen molar-refractivity contribution in [2.45, 2.75) is 321 Å². The van der Waals surface area contributed by atoms with Gasteiger partial charge in [0, 0.05) is 6.42 Å². The maximum atomic E-state index is 13.0. The van der Waals surface area contributed by atoms with Gasteiger partial charge in [0.05, 0.1) is 39.9 Å². The van der Waals surface area contributed by atoms with Gasteiger partial charge in [-0.3, -0.25) is 9.36 Å². The van der Waals surface area contributed by atoms with Gasteiger partial charge in [0.15, 0.2) is 0 Å². The Kier molecular flexibility index (Phi) is 65.4. The molecule has 2 N–H and O–H groups in total. The van der Waals surface area contributed by atoms with Crippen LogP contribution in [0.3, 0.4) is 0 Å². The number of amides is 1. The minimum absolute atomic E-state index is 0.0111. The number of rotatable bonds is 66. The first kappa shape index (κ1) is 84.6. The second kappa shape index (κ2) is 68.0. The molecule has 0 saturated heterocycles. The van der Waals surface area contributed by atoms with E-state index in [2.05, 4.69) is 141 Å². The van der Waals surface area contributed by atoms with Crippen molar-refractivity contribution >= 4 is 13.7 Å². The molecule has 0 radical (unpaired) electrons. The third-order valence-electron chi connectivity index (χ3n) is 15.8. The smallest absolute Gasteiger partial charge is 0.268 e. The molecule has 1 amide bonds. The molecule has 0 aliphatic carbocycles. The summed E-state index contributed by atoms with van der Waals surface area (Å²) in [5.74, 6) is -0.210. The number of quaternary nitrogens is 1. The molecule has 88 heavy (non-hydrogen) atoms. The van der Waals surface area contributed by atoms with Gasteiger partial charge in [-0.15, -0.1) is 0 Å². The molecular formula is C79H139N2O6P. The van der Waals surface area contributed by atoms with Crippen molar-refractivity contribution in [3.05, 3.63) is 134 Å². The quantitative estimate of drug-likeness (QED) is 0.0272. The maximum Gasteiger partial charge on any atom is 0.268 e. The van der Waals surface area contributed by atoms with Gasteiger partial charge in [-0.25, -0.2) is 0 Å². The summed E-state index contributed by atoms with van der Waals surface area (Å²) in [6, 6.07) is -0.913. The predicted molar refractivity (Wildman–Crippen MR) is 385 cm³/mol. The zero-order chi connectivity index (χ0) is 64.1. The SMILES string of the molecule is CC/C=C\C/C=C\C/C=C\C/C=C\C/C=C\C/C=C\C/C=C\C/C=C\C/C=C\CCCCCCCCCCCCCCCC(=O)NC(COP(=O)([O-])OCC[N+](C)(C)C)C(O)/C=C/CC/C=C/CCCCCCCCCCCCCCCCCCCCC. The van der Waals surface area contributed by atoms with Gasteiger partial charge in [-0.2, -0.15) is 0 Å². The number of carbonyl (C=O) groups excluding carboxylic acids is 1. The molecule has 0 spiro atoms. The van der Waals surface area contributed by atoms with Crippen LogP contribution in [0.4, 0.5) is 0 Å². The molecule has 0 rings (SSSR count). The Morgan fingerprint density at radius 1 is 0.409 bits per heavy atom. The zero-order valence-electron chi connectivity index (χ0n) is 57.9. The molecule has 3 unspecified atom stereocenters. The Labute approximate surface area is 545 Å². The summed E-state index contributed by atoms with van der Waals surface area (Å²) in [5.41, 5.74) is 0. The van der Waals surface area contributed by atoms with Crippen LogP contribution in [0.5, 0.6) is 0 Å². The van der Waals surface area contributed by atoms with Crippen LogP contribution in [0, 0.1) is 0 Å². The molecule has 8 nitrogen and oxygen atoms in total. The number of likely N-dealkylation sites (N-methyl/N-ethyl adjacent to an activating group) is 1. The molecule has 0 aromatic heterocycles. The molecule has 0 fully saturated rings. The minimum Gasteiger partial charge on any atom is -0.756 e. The lowest BCUT2D eigenvalue weighted by molar-refractivity contribution is -0.870. The lowest BCUT2D eigenvalue weighted by Crippen LogP contribution is -2.45. The molecule has 506 valence electrons. The summed E-state index contributed by atoms with van der Waals surface area (Å²) in [6.45, 7) is 4.53. The third kappa shape index (κ3) is 70.1. The lowest BCUT2D eigenvalue weighted by atomic mass is 10.0. The summed E-state index contributed by atoms with van der Waals surface area (Å²) in [6.07, 6.45) is 103. The number of aliphatic hydroxyl groups is 1. The highest BCUT2D eigenvalue weighted by molar-refractivity contribution is 7.45.